The summed E-state index contributed by atoms with van der Waals surface area (Å²) >= 11 is 0. The maximum Gasteiger partial charge on any atom is 0.202 e. The van der Waals surface area contributed by atoms with E-state index in [1.807, 2.05) is 44.9 Å². The first-order valence-corrected chi connectivity index (χ1v) is 17.2. The molecule has 268 valence electrons. The fourth-order valence-corrected chi connectivity index (χ4v) is 8.00. The fraction of sp³-hybridized carbons (Fsp3) is 0.513. The second-order valence-electron chi connectivity index (χ2n) is 14.9. The average Bonchev–Trinajstić information content (AvgIpc) is 3.05. The monoisotopic (exact) mass is 688 g/mol. The summed E-state index contributed by atoms with van der Waals surface area (Å²) in [5.74, 6) is -1.31. The molecule has 50 heavy (non-hydrogen) atoms. The molecular weight excluding hydrogens is 640 g/mol. The van der Waals surface area contributed by atoms with Crippen LogP contribution in [0.1, 0.15) is 114 Å². The number of ether oxygens (including phenoxy) is 2. The maximum atomic E-state index is 14.9. The van der Waals surface area contributed by atoms with Crippen LogP contribution in [0.25, 0.3) is 16.5 Å². The minimum atomic E-state index is -0.847. The van der Waals surface area contributed by atoms with Crippen molar-refractivity contribution >= 4 is 28.1 Å². The number of hydrogen-bond acceptors (Lipinski definition) is 11. The fourth-order valence-electron chi connectivity index (χ4n) is 8.00. The molecule has 1 aliphatic carbocycles. The van der Waals surface area contributed by atoms with Crippen LogP contribution in [0, 0.1) is 6.92 Å². The van der Waals surface area contributed by atoms with E-state index >= 15 is 0 Å². The summed E-state index contributed by atoms with van der Waals surface area (Å²) in [6.07, 6.45) is -2.05. The second kappa shape index (κ2) is 12.8. The molecule has 2 saturated heterocycles. The van der Waals surface area contributed by atoms with Gasteiger partial charge >= 0.3 is 0 Å². The molecule has 2 aromatic carbocycles. The summed E-state index contributed by atoms with van der Waals surface area (Å²) in [7, 11) is 7.46. The van der Waals surface area contributed by atoms with Gasteiger partial charge in [0.25, 0.3) is 0 Å². The van der Waals surface area contributed by atoms with Gasteiger partial charge in [-0.05, 0) is 111 Å². The van der Waals surface area contributed by atoms with Crippen molar-refractivity contribution in [2.45, 2.75) is 103 Å². The Balaban J connectivity index is 1.65. The Morgan fingerprint density at radius 1 is 0.920 bits per heavy atom. The smallest absolute Gasteiger partial charge is 0.202 e. The van der Waals surface area contributed by atoms with E-state index in [1.54, 1.807) is 52.8 Å². The van der Waals surface area contributed by atoms with Gasteiger partial charge in [0.2, 0.25) is 5.78 Å². The Bertz CT molecular complexity index is 2000. The number of phenols is 1. The van der Waals surface area contributed by atoms with Crippen molar-refractivity contribution in [3.8, 4) is 5.75 Å². The quantitative estimate of drug-likeness (QED) is 0.268. The number of hydrogen-bond donors (Lipinski definition) is 3. The molecule has 0 bridgehead atoms. The number of aromatic hydroxyl groups is 1. The Hall–Kier alpha value is -3.71. The highest BCUT2D eigenvalue weighted by molar-refractivity contribution is 6.33. The van der Waals surface area contributed by atoms with Crippen molar-refractivity contribution in [2.24, 2.45) is 0 Å². The standard InChI is InChI=1S/C39H48N2O9/c1-11-17(2)26-15-25(42)29-18(3)12-23-31(37(29)50-26)36(46)32-30(35(23)45)21(27-14-24(40(7)8)33(43)19(4)48-27)13-22(34(32)44)28-16-39(6,41(9)10)38(47)20(5)49-28/h11-13,15,19-20,24,27-28,33,38,43-44,47H,14,16H2,1-10H3/t19-,20-,24-,27-,28+,33-,38-,39-/m1/s1. The Morgan fingerprint density at radius 3 is 2.20 bits per heavy atom. The molecule has 3 N–H and O–H groups in total. The largest absolute Gasteiger partial charge is 0.507 e. The number of benzene rings is 2. The molecule has 0 radical (unpaired) electrons. The van der Waals surface area contributed by atoms with Crippen LogP contribution in [0.3, 0.4) is 0 Å². The third-order valence-corrected chi connectivity index (χ3v) is 11.5. The van der Waals surface area contributed by atoms with E-state index in [4.69, 9.17) is 13.9 Å². The molecule has 3 heterocycles. The van der Waals surface area contributed by atoms with E-state index < -0.39 is 59.5 Å². The van der Waals surface area contributed by atoms with Crippen LogP contribution >= 0.6 is 0 Å². The molecule has 2 fully saturated rings. The van der Waals surface area contributed by atoms with Crippen LogP contribution in [0.2, 0.25) is 0 Å². The van der Waals surface area contributed by atoms with Crippen molar-refractivity contribution in [3.05, 3.63) is 79.2 Å². The number of allylic oxidation sites excluding steroid dienone is 2. The van der Waals surface area contributed by atoms with Crippen LogP contribution in [-0.4, -0.2) is 101 Å². The number of carbonyl (C=O) groups is 2. The van der Waals surface area contributed by atoms with Gasteiger partial charge in [0, 0.05) is 34.3 Å². The molecule has 0 amide bonds. The van der Waals surface area contributed by atoms with Crippen molar-refractivity contribution in [2.75, 3.05) is 28.2 Å². The number of carbonyl (C=O) groups excluding carboxylic acids is 2. The highest BCUT2D eigenvalue weighted by Gasteiger charge is 2.49. The van der Waals surface area contributed by atoms with Crippen LogP contribution < -0.4 is 5.43 Å². The molecule has 6 rings (SSSR count). The lowest BCUT2D eigenvalue weighted by molar-refractivity contribution is -0.176. The predicted octanol–water partition coefficient (Wildman–Crippen LogP) is 4.68. The van der Waals surface area contributed by atoms with Crippen LogP contribution in [-0.2, 0) is 9.47 Å². The van der Waals surface area contributed by atoms with Gasteiger partial charge in [-0.1, -0.05) is 6.08 Å². The van der Waals surface area contributed by atoms with Gasteiger partial charge in [0.05, 0.1) is 53.1 Å². The van der Waals surface area contributed by atoms with E-state index in [1.165, 1.54) is 6.07 Å². The van der Waals surface area contributed by atoms with Gasteiger partial charge in [-0.25, -0.2) is 0 Å². The van der Waals surface area contributed by atoms with Crippen molar-refractivity contribution in [1.82, 2.24) is 9.80 Å². The van der Waals surface area contributed by atoms with Crippen molar-refractivity contribution < 1.29 is 38.8 Å². The second-order valence-corrected chi connectivity index (χ2v) is 14.9. The first kappa shape index (κ1) is 36.1. The lowest BCUT2D eigenvalue weighted by Gasteiger charge is -2.49. The van der Waals surface area contributed by atoms with Crippen molar-refractivity contribution in [1.29, 1.82) is 0 Å². The molecule has 8 atom stereocenters. The number of ketones is 2. The van der Waals surface area contributed by atoms with E-state index in [-0.39, 0.29) is 62.4 Å². The predicted molar refractivity (Wildman–Crippen MR) is 189 cm³/mol. The maximum absolute atomic E-state index is 14.9. The molecule has 11 nitrogen and oxygen atoms in total. The number of aryl methyl sites for hydroxylation is 1. The third-order valence-electron chi connectivity index (χ3n) is 11.5. The van der Waals surface area contributed by atoms with Gasteiger partial charge in [-0.2, -0.15) is 0 Å². The molecule has 3 aliphatic rings. The summed E-state index contributed by atoms with van der Waals surface area (Å²) in [5, 5.41) is 34.5. The highest BCUT2D eigenvalue weighted by Crippen LogP contribution is 2.49. The van der Waals surface area contributed by atoms with Gasteiger partial charge < -0.3 is 39.0 Å². The number of aliphatic hydroxyl groups is 2. The molecule has 0 saturated carbocycles. The Morgan fingerprint density at radius 2 is 1.58 bits per heavy atom. The first-order valence-electron chi connectivity index (χ1n) is 17.2. The number of nitrogens with zero attached hydrogens (tertiary/aromatic N) is 2. The number of likely N-dealkylation sites (N-methyl/N-ethyl adjacent to an activating group) is 2. The normalized spacial score (nSPS) is 30.3. The Labute approximate surface area is 292 Å². The molecular formula is C39H48N2O9. The van der Waals surface area contributed by atoms with Gasteiger partial charge in [0.1, 0.15) is 11.5 Å². The van der Waals surface area contributed by atoms with Gasteiger partial charge in [0.15, 0.2) is 16.8 Å². The Kier molecular flexibility index (Phi) is 9.24. The summed E-state index contributed by atoms with van der Waals surface area (Å²) in [4.78, 5) is 47.0. The van der Waals surface area contributed by atoms with E-state index in [0.29, 0.717) is 23.1 Å². The van der Waals surface area contributed by atoms with E-state index in [9.17, 15) is 29.7 Å². The van der Waals surface area contributed by atoms with E-state index in [2.05, 4.69) is 0 Å². The SMILES string of the molecule is CC=C(C)c1cc(=O)c2c(C)cc3c(c2o1)C(=O)c1c(O)c([C@@H]2C[C@@](C)(N(C)C)[C@H](O)[C@@H](C)O2)cc([C@H]2C[C@@H](N(C)C)[C@H](O)[C@@H](C)O2)c1C3=O. The van der Waals surface area contributed by atoms with E-state index in [0.717, 1.165) is 0 Å². The summed E-state index contributed by atoms with van der Waals surface area (Å²) in [5.41, 5.74) is 0.492. The zero-order chi connectivity index (χ0) is 36.7. The van der Waals surface area contributed by atoms with Crippen LogP contribution in [0.4, 0.5) is 0 Å². The highest BCUT2D eigenvalue weighted by atomic mass is 16.5. The lowest BCUT2D eigenvalue weighted by Crippen LogP contribution is -2.59. The first-order chi connectivity index (χ1) is 23.4. The molecule has 3 aromatic rings. The molecule has 11 heteroatoms. The number of rotatable bonds is 5. The molecule has 0 spiro atoms. The lowest BCUT2D eigenvalue weighted by atomic mass is 9.74. The van der Waals surface area contributed by atoms with Gasteiger partial charge in [-0.3, -0.25) is 14.4 Å². The summed E-state index contributed by atoms with van der Waals surface area (Å²) in [6, 6.07) is 4.29. The number of fused-ring (bicyclic) bond motifs is 4. The van der Waals surface area contributed by atoms with Crippen LogP contribution in [0.15, 0.2) is 33.5 Å². The summed E-state index contributed by atoms with van der Waals surface area (Å²) < 4.78 is 19.0. The number of phenolic OH excluding ortho intramolecular Hbond substituents is 1. The number of aliphatic hydroxyl groups excluding tert-OH is 2. The minimum absolute atomic E-state index is 0.0102. The summed E-state index contributed by atoms with van der Waals surface area (Å²) in [6.45, 7) is 10.7. The third kappa shape index (κ3) is 5.46. The van der Waals surface area contributed by atoms with Crippen molar-refractivity contribution in [3.63, 3.8) is 0 Å². The molecule has 2 aliphatic heterocycles. The molecule has 0 unspecified atom stereocenters. The zero-order valence-corrected chi connectivity index (χ0v) is 30.5. The topological polar surface area (TPSA) is 150 Å². The average molecular weight is 689 g/mol. The van der Waals surface area contributed by atoms with Crippen LogP contribution in [0.5, 0.6) is 5.75 Å². The molecule has 1 aromatic heterocycles. The zero-order valence-electron chi connectivity index (χ0n) is 30.5. The minimum Gasteiger partial charge on any atom is -0.507 e. The van der Waals surface area contributed by atoms with Gasteiger partial charge in [-0.15, -0.1) is 0 Å².